The Morgan fingerprint density at radius 3 is 2.50 bits per heavy atom. The number of halogens is 2. The minimum Gasteiger partial charge on any atom is -0.319 e. The van der Waals surface area contributed by atoms with Crippen LogP contribution in [0.4, 0.5) is 8.78 Å². The van der Waals surface area contributed by atoms with Crippen LogP contribution in [0.5, 0.6) is 0 Å². The van der Waals surface area contributed by atoms with Crippen molar-refractivity contribution in [3.63, 3.8) is 0 Å². The molecule has 0 bridgehead atoms. The highest BCUT2D eigenvalue weighted by Crippen LogP contribution is 2.29. The van der Waals surface area contributed by atoms with Crippen molar-refractivity contribution >= 4 is 0 Å². The second-order valence-electron chi connectivity index (χ2n) is 5.84. The summed E-state index contributed by atoms with van der Waals surface area (Å²) in [7, 11) is 1.97. The largest absolute Gasteiger partial charge is 0.319 e. The maximum atomic E-state index is 14.0. The van der Waals surface area contributed by atoms with E-state index >= 15 is 0 Å². The summed E-state index contributed by atoms with van der Waals surface area (Å²) in [5.74, 6) is 0.0788. The predicted octanol–water partition coefficient (Wildman–Crippen LogP) is 3.27. The molecule has 1 N–H and O–H groups in total. The van der Waals surface area contributed by atoms with Crippen LogP contribution in [0.1, 0.15) is 36.9 Å². The van der Waals surface area contributed by atoms with E-state index in [0.29, 0.717) is 17.0 Å². The molecule has 0 radical (unpaired) electrons. The molecule has 0 spiro atoms. The summed E-state index contributed by atoms with van der Waals surface area (Å²) in [6, 6.07) is 2.59. The van der Waals surface area contributed by atoms with E-state index in [2.05, 4.69) is 10.2 Å². The average Bonchev–Trinajstić information content (AvgIpc) is 2.43. The number of piperidine rings is 1. The highest BCUT2D eigenvalue weighted by atomic mass is 19.1. The molecule has 0 aliphatic carbocycles. The predicted molar refractivity (Wildman–Crippen MR) is 77.7 cm³/mol. The van der Waals surface area contributed by atoms with Crippen LogP contribution in [-0.4, -0.2) is 31.6 Å². The van der Waals surface area contributed by atoms with E-state index < -0.39 is 0 Å². The lowest BCUT2D eigenvalue weighted by Crippen LogP contribution is -2.38. The fraction of sp³-hybridized carbons (Fsp3) is 0.625. The smallest absolute Gasteiger partial charge is 0.128 e. The van der Waals surface area contributed by atoms with E-state index in [-0.39, 0.29) is 17.7 Å². The van der Waals surface area contributed by atoms with Gasteiger partial charge in [0.25, 0.3) is 0 Å². The van der Waals surface area contributed by atoms with Gasteiger partial charge in [0.2, 0.25) is 0 Å². The van der Waals surface area contributed by atoms with Crippen molar-refractivity contribution in [2.75, 3.05) is 26.7 Å². The Morgan fingerprint density at radius 1 is 1.25 bits per heavy atom. The standard InChI is InChI=1S/C16H24F2N2/c1-11-8-16(18)14(9-15(11)17)12(2)20-6-4-13(5-7-20)10-19-3/h8-9,12-13,19H,4-7,10H2,1-3H3. The second-order valence-corrected chi connectivity index (χ2v) is 5.84. The number of nitrogens with one attached hydrogen (secondary N) is 1. The van der Waals surface area contributed by atoms with E-state index in [1.807, 2.05) is 14.0 Å². The van der Waals surface area contributed by atoms with Crippen molar-refractivity contribution in [1.82, 2.24) is 10.2 Å². The molecule has 1 heterocycles. The maximum absolute atomic E-state index is 14.0. The van der Waals surface area contributed by atoms with E-state index in [9.17, 15) is 8.78 Å². The second kappa shape index (κ2) is 6.64. The van der Waals surface area contributed by atoms with Gasteiger partial charge in [-0.25, -0.2) is 8.78 Å². The van der Waals surface area contributed by atoms with Gasteiger partial charge in [0.05, 0.1) is 0 Å². The zero-order valence-corrected chi connectivity index (χ0v) is 12.5. The lowest BCUT2D eigenvalue weighted by Gasteiger charge is -2.36. The molecule has 1 saturated heterocycles. The van der Waals surface area contributed by atoms with E-state index in [0.717, 1.165) is 32.5 Å². The van der Waals surface area contributed by atoms with Gasteiger partial charge < -0.3 is 5.32 Å². The quantitative estimate of drug-likeness (QED) is 0.912. The van der Waals surface area contributed by atoms with Gasteiger partial charge in [0, 0.05) is 11.6 Å². The van der Waals surface area contributed by atoms with Gasteiger partial charge in [0.1, 0.15) is 11.6 Å². The molecule has 1 aliphatic heterocycles. The fourth-order valence-corrected chi connectivity index (χ4v) is 3.01. The minimum absolute atomic E-state index is 0.0689. The molecule has 0 saturated carbocycles. The summed E-state index contributed by atoms with van der Waals surface area (Å²) in [5, 5.41) is 3.21. The number of hydrogen-bond acceptors (Lipinski definition) is 2. The van der Waals surface area contributed by atoms with Crippen molar-refractivity contribution in [3.05, 3.63) is 34.9 Å². The number of benzene rings is 1. The monoisotopic (exact) mass is 282 g/mol. The topological polar surface area (TPSA) is 15.3 Å². The van der Waals surface area contributed by atoms with Crippen LogP contribution in [-0.2, 0) is 0 Å². The van der Waals surface area contributed by atoms with Gasteiger partial charge in [-0.2, -0.15) is 0 Å². The number of nitrogens with zero attached hydrogens (tertiary/aromatic N) is 1. The molecule has 0 aromatic heterocycles. The molecule has 2 rings (SSSR count). The van der Waals surface area contributed by atoms with Crippen molar-refractivity contribution in [3.8, 4) is 0 Å². The fourth-order valence-electron chi connectivity index (χ4n) is 3.01. The van der Waals surface area contributed by atoms with Crippen molar-refractivity contribution < 1.29 is 8.78 Å². The molecule has 20 heavy (non-hydrogen) atoms. The molecule has 112 valence electrons. The summed E-state index contributed by atoms with van der Waals surface area (Å²) in [6.45, 7) is 6.49. The zero-order valence-electron chi connectivity index (χ0n) is 12.5. The molecule has 1 atom stereocenters. The Labute approximate surface area is 120 Å². The first-order chi connectivity index (χ1) is 9.52. The molecule has 0 amide bonds. The van der Waals surface area contributed by atoms with Crippen LogP contribution in [0.15, 0.2) is 12.1 Å². The van der Waals surface area contributed by atoms with Crippen LogP contribution in [0.2, 0.25) is 0 Å². The van der Waals surface area contributed by atoms with Crippen molar-refractivity contribution in [2.24, 2.45) is 5.92 Å². The Hall–Kier alpha value is -1.00. The third-order valence-electron chi connectivity index (χ3n) is 4.42. The van der Waals surface area contributed by atoms with Gasteiger partial charge in [-0.1, -0.05) is 0 Å². The van der Waals surface area contributed by atoms with Gasteiger partial charge in [0.15, 0.2) is 0 Å². The third-order valence-corrected chi connectivity index (χ3v) is 4.42. The maximum Gasteiger partial charge on any atom is 0.128 e. The van der Waals surface area contributed by atoms with Crippen LogP contribution in [0, 0.1) is 24.5 Å². The average molecular weight is 282 g/mol. The Kier molecular flexibility index (Phi) is 5.11. The summed E-state index contributed by atoms with van der Waals surface area (Å²) in [4.78, 5) is 2.25. The van der Waals surface area contributed by atoms with Gasteiger partial charge in [-0.3, -0.25) is 4.90 Å². The first-order valence-electron chi connectivity index (χ1n) is 7.37. The summed E-state index contributed by atoms with van der Waals surface area (Å²) in [5.41, 5.74) is 0.839. The Morgan fingerprint density at radius 2 is 1.90 bits per heavy atom. The molecule has 1 aromatic rings. The van der Waals surface area contributed by atoms with Crippen LogP contribution < -0.4 is 5.32 Å². The summed E-state index contributed by atoms with van der Waals surface area (Å²) >= 11 is 0. The molecule has 1 aromatic carbocycles. The van der Waals surface area contributed by atoms with Crippen LogP contribution >= 0.6 is 0 Å². The van der Waals surface area contributed by atoms with Gasteiger partial charge in [-0.15, -0.1) is 0 Å². The van der Waals surface area contributed by atoms with Crippen molar-refractivity contribution in [1.29, 1.82) is 0 Å². The number of rotatable bonds is 4. The van der Waals surface area contributed by atoms with Crippen molar-refractivity contribution in [2.45, 2.75) is 32.7 Å². The molecular weight excluding hydrogens is 258 g/mol. The lowest BCUT2D eigenvalue weighted by molar-refractivity contribution is 0.138. The highest BCUT2D eigenvalue weighted by molar-refractivity contribution is 5.27. The first-order valence-corrected chi connectivity index (χ1v) is 7.37. The van der Waals surface area contributed by atoms with Crippen LogP contribution in [0.3, 0.4) is 0 Å². The van der Waals surface area contributed by atoms with E-state index in [4.69, 9.17) is 0 Å². The number of hydrogen-bond donors (Lipinski definition) is 1. The molecule has 1 fully saturated rings. The SMILES string of the molecule is CNCC1CCN(C(C)c2cc(F)c(C)cc2F)CC1. The summed E-state index contributed by atoms with van der Waals surface area (Å²) in [6.07, 6.45) is 2.22. The molecule has 1 unspecified atom stereocenters. The normalized spacial score (nSPS) is 19.2. The van der Waals surface area contributed by atoms with E-state index in [1.165, 1.54) is 12.1 Å². The Bertz CT molecular complexity index is 454. The Balaban J connectivity index is 2.05. The van der Waals surface area contributed by atoms with E-state index in [1.54, 1.807) is 6.92 Å². The molecular formula is C16H24F2N2. The first kappa shape index (κ1) is 15.4. The highest BCUT2D eigenvalue weighted by Gasteiger charge is 2.25. The van der Waals surface area contributed by atoms with Gasteiger partial charge in [-0.05, 0) is 77.0 Å². The summed E-state index contributed by atoms with van der Waals surface area (Å²) < 4.78 is 27.7. The minimum atomic E-state index is -0.321. The van der Waals surface area contributed by atoms with Crippen LogP contribution in [0.25, 0.3) is 0 Å². The third kappa shape index (κ3) is 3.36. The molecule has 4 heteroatoms. The molecule has 1 aliphatic rings. The lowest BCUT2D eigenvalue weighted by atomic mass is 9.94. The number of likely N-dealkylation sites (tertiary alicyclic amines) is 1. The number of aryl methyl sites for hydroxylation is 1. The molecule has 2 nitrogen and oxygen atoms in total. The zero-order chi connectivity index (χ0) is 14.7. The van der Waals surface area contributed by atoms with Gasteiger partial charge >= 0.3 is 0 Å².